The Kier molecular flexibility index (Phi) is 4.81. The molecule has 2 aromatic heterocycles. The summed E-state index contributed by atoms with van der Waals surface area (Å²) in [6.07, 6.45) is 2.89. The molecule has 0 saturated carbocycles. The van der Waals surface area contributed by atoms with Crippen LogP contribution in [0.5, 0.6) is 5.75 Å². The molecule has 0 atom stereocenters. The summed E-state index contributed by atoms with van der Waals surface area (Å²) in [6, 6.07) is 22.8. The summed E-state index contributed by atoms with van der Waals surface area (Å²) >= 11 is 0. The van der Waals surface area contributed by atoms with Gasteiger partial charge in [-0.25, -0.2) is 4.68 Å². The van der Waals surface area contributed by atoms with Crippen molar-refractivity contribution in [3.8, 4) is 11.4 Å². The van der Waals surface area contributed by atoms with Gasteiger partial charge in [0, 0.05) is 5.56 Å². The molecule has 0 fully saturated rings. The number of fused-ring (bicyclic) bond motifs is 1. The lowest BCUT2D eigenvalue weighted by atomic mass is 10.2. The van der Waals surface area contributed by atoms with E-state index in [2.05, 4.69) is 5.32 Å². The molecule has 5 rings (SSSR count). The minimum absolute atomic E-state index is 0.245. The van der Waals surface area contributed by atoms with Crippen molar-refractivity contribution in [3.63, 3.8) is 0 Å². The third kappa shape index (κ3) is 3.59. The molecule has 4 aromatic rings. The van der Waals surface area contributed by atoms with E-state index in [0.717, 1.165) is 47.8 Å². The SMILES string of the molecule is O=C(Nc1c2c(nn1-c1ccccc1)CCC2)c1ccc(COc2ccccc2)o1. The van der Waals surface area contributed by atoms with Crippen LogP contribution >= 0.6 is 0 Å². The van der Waals surface area contributed by atoms with Crippen LogP contribution in [-0.2, 0) is 19.4 Å². The van der Waals surface area contributed by atoms with Crippen molar-refractivity contribution in [2.45, 2.75) is 25.9 Å². The van der Waals surface area contributed by atoms with Crippen LogP contribution in [-0.4, -0.2) is 15.7 Å². The van der Waals surface area contributed by atoms with Crippen LogP contribution in [0.4, 0.5) is 5.82 Å². The second-order valence-electron chi connectivity index (χ2n) is 7.20. The van der Waals surface area contributed by atoms with E-state index in [0.29, 0.717) is 5.76 Å². The highest BCUT2D eigenvalue weighted by Crippen LogP contribution is 2.31. The van der Waals surface area contributed by atoms with E-state index >= 15 is 0 Å². The Labute approximate surface area is 174 Å². The highest BCUT2D eigenvalue weighted by molar-refractivity contribution is 6.02. The van der Waals surface area contributed by atoms with Gasteiger partial charge in [0.05, 0.1) is 11.4 Å². The van der Waals surface area contributed by atoms with Gasteiger partial charge in [0.25, 0.3) is 5.91 Å². The fourth-order valence-corrected chi connectivity index (χ4v) is 3.69. The summed E-state index contributed by atoms with van der Waals surface area (Å²) in [5.41, 5.74) is 3.07. The number of aryl methyl sites for hydroxylation is 1. The van der Waals surface area contributed by atoms with E-state index in [9.17, 15) is 4.79 Å². The number of nitrogens with one attached hydrogen (secondary N) is 1. The van der Waals surface area contributed by atoms with Gasteiger partial charge in [-0.15, -0.1) is 0 Å². The maximum Gasteiger partial charge on any atom is 0.292 e. The third-order valence-corrected chi connectivity index (χ3v) is 5.15. The number of aromatic nitrogens is 2. The number of anilines is 1. The summed E-state index contributed by atoms with van der Waals surface area (Å²) in [5.74, 6) is 2.01. The molecule has 6 nitrogen and oxygen atoms in total. The summed E-state index contributed by atoms with van der Waals surface area (Å²) in [5, 5.41) is 7.75. The number of carbonyl (C=O) groups excluding carboxylic acids is 1. The molecule has 0 spiro atoms. The second-order valence-corrected chi connectivity index (χ2v) is 7.20. The van der Waals surface area contributed by atoms with Crippen LogP contribution in [0.1, 0.15) is 34.0 Å². The number of hydrogen-bond acceptors (Lipinski definition) is 4. The van der Waals surface area contributed by atoms with E-state index in [4.69, 9.17) is 14.3 Å². The molecule has 0 aliphatic heterocycles. The Morgan fingerprint density at radius 1 is 1.00 bits per heavy atom. The quantitative estimate of drug-likeness (QED) is 0.506. The molecule has 0 radical (unpaired) electrons. The monoisotopic (exact) mass is 399 g/mol. The average molecular weight is 399 g/mol. The minimum atomic E-state index is -0.298. The lowest BCUT2D eigenvalue weighted by molar-refractivity contribution is 0.0992. The number of rotatable bonds is 6. The molecule has 0 unspecified atom stereocenters. The maximum absolute atomic E-state index is 12.9. The number of ether oxygens (including phenoxy) is 1. The molecule has 6 heteroatoms. The van der Waals surface area contributed by atoms with Gasteiger partial charge in [0.15, 0.2) is 5.76 Å². The van der Waals surface area contributed by atoms with Gasteiger partial charge in [-0.3, -0.25) is 4.79 Å². The normalized spacial score (nSPS) is 12.5. The van der Waals surface area contributed by atoms with E-state index in [1.807, 2.05) is 65.3 Å². The fourth-order valence-electron chi connectivity index (χ4n) is 3.69. The number of hydrogen-bond donors (Lipinski definition) is 1. The van der Waals surface area contributed by atoms with Crippen molar-refractivity contribution in [3.05, 3.63) is 95.6 Å². The number of para-hydroxylation sites is 2. The molecular formula is C24H21N3O3. The van der Waals surface area contributed by atoms with Crippen LogP contribution in [0, 0.1) is 0 Å². The highest BCUT2D eigenvalue weighted by atomic mass is 16.5. The van der Waals surface area contributed by atoms with Gasteiger partial charge in [0.2, 0.25) is 0 Å². The number of carbonyl (C=O) groups is 1. The zero-order valence-electron chi connectivity index (χ0n) is 16.4. The maximum atomic E-state index is 12.9. The van der Waals surface area contributed by atoms with Crippen molar-refractivity contribution in [2.24, 2.45) is 0 Å². The zero-order valence-corrected chi connectivity index (χ0v) is 16.4. The Morgan fingerprint density at radius 2 is 1.77 bits per heavy atom. The minimum Gasteiger partial charge on any atom is -0.486 e. The first-order valence-electron chi connectivity index (χ1n) is 10.0. The van der Waals surface area contributed by atoms with Crippen molar-refractivity contribution in [2.75, 3.05) is 5.32 Å². The predicted octanol–water partition coefficient (Wildman–Crippen LogP) is 4.79. The molecule has 1 N–H and O–H groups in total. The van der Waals surface area contributed by atoms with Gasteiger partial charge >= 0.3 is 0 Å². The summed E-state index contributed by atoms with van der Waals surface area (Å²) in [4.78, 5) is 12.9. The summed E-state index contributed by atoms with van der Waals surface area (Å²) < 4.78 is 13.2. The third-order valence-electron chi connectivity index (χ3n) is 5.15. The Bertz CT molecular complexity index is 1160. The van der Waals surface area contributed by atoms with E-state index in [1.54, 1.807) is 12.1 Å². The molecule has 2 aromatic carbocycles. The van der Waals surface area contributed by atoms with E-state index in [-0.39, 0.29) is 18.3 Å². The number of nitrogens with zero attached hydrogens (tertiary/aromatic N) is 2. The Balaban J connectivity index is 1.34. The van der Waals surface area contributed by atoms with Gasteiger partial charge in [-0.2, -0.15) is 5.10 Å². The van der Waals surface area contributed by atoms with Crippen molar-refractivity contribution in [1.29, 1.82) is 0 Å². The van der Waals surface area contributed by atoms with Crippen LogP contribution in [0.3, 0.4) is 0 Å². The molecule has 1 aliphatic rings. The Hall–Kier alpha value is -3.80. The van der Waals surface area contributed by atoms with Crippen LogP contribution in [0.25, 0.3) is 5.69 Å². The molecule has 1 amide bonds. The first kappa shape index (κ1) is 18.2. The fraction of sp³-hybridized carbons (Fsp3) is 0.167. The zero-order chi connectivity index (χ0) is 20.3. The number of amides is 1. The molecular weight excluding hydrogens is 378 g/mol. The molecule has 30 heavy (non-hydrogen) atoms. The second kappa shape index (κ2) is 7.91. The average Bonchev–Trinajstić information content (AvgIpc) is 3.51. The number of benzene rings is 2. The topological polar surface area (TPSA) is 69.3 Å². The first-order chi connectivity index (χ1) is 14.8. The van der Waals surface area contributed by atoms with Gasteiger partial charge in [0.1, 0.15) is 23.9 Å². The molecule has 2 heterocycles. The van der Waals surface area contributed by atoms with Gasteiger partial charge < -0.3 is 14.5 Å². The van der Waals surface area contributed by atoms with Crippen LogP contribution in [0.2, 0.25) is 0 Å². The van der Waals surface area contributed by atoms with E-state index < -0.39 is 0 Å². The molecule has 150 valence electrons. The van der Waals surface area contributed by atoms with Crippen molar-refractivity contribution in [1.82, 2.24) is 9.78 Å². The van der Waals surface area contributed by atoms with Gasteiger partial charge in [-0.1, -0.05) is 36.4 Å². The smallest absolute Gasteiger partial charge is 0.292 e. The first-order valence-corrected chi connectivity index (χ1v) is 10.0. The van der Waals surface area contributed by atoms with Crippen molar-refractivity contribution < 1.29 is 13.9 Å². The van der Waals surface area contributed by atoms with Gasteiger partial charge in [-0.05, 0) is 55.7 Å². The molecule has 1 aliphatic carbocycles. The van der Waals surface area contributed by atoms with Crippen molar-refractivity contribution >= 4 is 11.7 Å². The molecule has 0 bridgehead atoms. The predicted molar refractivity (Wildman–Crippen MR) is 113 cm³/mol. The largest absolute Gasteiger partial charge is 0.486 e. The highest BCUT2D eigenvalue weighted by Gasteiger charge is 2.25. The summed E-state index contributed by atoms with van der Waals surface area (Å²) in [7, 11) is 0. The van der Waals surface area contributed by atoms with Crippen LogP contribution in [0.15, 0.2) is 77.2 Å². The lowest BCUT2D eigenvalue weighted by Crippen LogP contribution is -2.15. The molecule has 0 saturated heterocycles. The lowest BCUT2D eigenvalue weighted by Gasteiger charge is -2.10. The summed E-state index contributed by atoms with van der Waals surface area (Å²) in [6.45, 7) is 0.259. The number of furan rings is 1. The Morgan fingerprint density at radius 3 is 2.57 bits per heavy atom. The van der Waals surface area contributed by atoms with Crippen LogP contribution < -0.4 is 10.1 Å². The van der Waals surface area contributed by atoms with E-state index in [1.165, 1.54) is 0 Å². The standard InChI is InChI=1S/C24H21N3O3/c28-24(22-15-14-19(30-22)16-29-18-10-5-2-6-11-18)25-23-20-12-7-13-21(20)26-27(23)17-8-3-1-4-9-17/h1-6,8-11,14-15H,7,12-13,16H2,(H,25,28).